The van der Waals surface area contributed by atoms with Gasteiger partial charge in [0, 0.05) is 11.6 Å². The number of aromatic nitrogens is 2. The van der Waals surface area contributed by atoms with Gasteiger partial charge >= 0.3 is 0 Å². The Bertz CT molecular complexity index is 873. The summed E-state index contributed by atoms with van der Waals surface area (Å²) in [5, 5.41) is 14.6. The summed E-state index contributed by atoms with van der Waals surface area (Å²) in [6.07, 6.45) is 0.817. The molecular weight excluding hydrogens is 364 g/mol. The van der Waals surface area contributed by atoms with E-state index >= 15 is 0 Å². The van der Waals surface area contributed by atoms with Crippen molar-refractivity contribution in [2.24, 2.45) is 0 Å². The third-order valence-electron chi connectivity index (χ3n) is 3.65. The lowest BCUT2D eigenvalue weighted by molar-refractivity contribution is -0.118. The fourth-order valence-electron chi connectivity index (χ4n) is 2.37. The third kappa shape index (κ3) is 6.27. The summed E-state index contributed by atoms with van der Waals surface area (Å²) in [5.41, 5.74) is 1.14. The van der Waals surface area contributed by atoms with Crippen molar-refractivity contribution in [1.29, 1.82) is 0 Å². The van der Waals surface area contributed by atoms with E-state index in [1.807, 2.05) is 42.5 Å². The molecule has 0 atom stereocenters. The van der Waals surface area contributed by atoms with Gasteiger partial charge in [-0.05, 0) is 48.4 Å². The molecule has 0 saturated heterocycles. The molecule has 0 fully saturated rings. The molecule has 0 bridgehead atoms. The van der Waals surface area contributed by atoms with Crippen molar-refractivity contribution in [1.82, 2.24) is 10.2 Å². The minimum atomic E-state index is -0.296. The lowest BCUT2D eigenvalue weighted by atomic mass is 10.1. The van der Waals surface area contributed by atoms with Crippen LogP contribution >= 0.6 is 11.6 Å². The van der Waals surface area contributed by atoms with Crippen molar-refractivity contribution in [2.45, 2.75) is 6.42 Å². The van der Waals surface area contributed by atoms with Crippen LogP contribution in [-0.4, -0.2) is 29.3 Å². The first kappa shape index (κ1) is 18.7. The van der Waals surface area contributed by atoms with Crippen LogP contribution in [0.15, 0.2) is 66.7 Å². The Hall–Kier alpha value is -3.12. The van der Waals surface area contributed by atoms with Crippen molar-refractivity contribution in [3.05, 3.63) is 77.3 Å². The van der Waals surface area contributed by atoms with Gasteiger partial charge in [0.25, 0.3) is 5.91 Å². The molecule has 2 aromatic carbocycles. The quantitative estimate of drug-likeness (QED) is 0.619. The topological polar surface area (TPSA) is 76.1 Å². The number of ether oxygens (including phenoxy) is 1. The van der Waals surface area contributed by atoms with E-state index in [1.165, 1.54) is 0 Å². The predicted molar refractivity (Wildman–Crippen MR) is 106 cm³/mol. The number of para-hydroxylation sites is 1. The molecule has 0 spiro atoms. The fourth-order valence-corrected chi connectivity index (χ4v) is 2.58. The highest BCUT2D eigenvalue weighted by atomic mass is 35.5. The second-order valence-corrected chi connectivity index (χ2v) is 6.20. The van der Waals surface area contributed by atoms with Crippen LogP contribution in [0.4, 0.5) is 11.6 Å². The summed E-state index contributed by atoms with van der Waals surface area (Å²) in [6.45, 7) is 0.608. The number of nitrogens with one attached hydrogen (secondary N) is 2. The molecule has 0 aliphatic rings. The molecule has 27 heavy (non-hydrogen) atoms. The molecule has 2 N–H and O–H groups in total. The number of rotatable bonds is 8. The van der Waals surface area contributed by atoms with Crippen molar-refractivity contribution in [3.63, 3.8) is 0 Å². The molecule has 138 valence electrons. The number of hydrogen-bond donors (Lipinski definition) is 2. The van der Waals surface area contributed by atoms with E-state index < -0.39 is 0 Å². The summed E-state index contributed by atoms with van der Waals surface area (Å²) in [7, 11) is 0. The number of benzene rings is 2. The standard InChI is InChI=1S/C20H19ClN4O2/c21-16-6-4-5-15(13-16)11-12-22-18-9-10-19(25-24-18)23-20(26)14-27-17-7-2-1-3-8-17/h1-10,13H,11-12,14H2,(H,22,24)(H,23,25,26). The van der Waals surface area contributed by atoms with Gasteiger partial charge in [-0.1, -0.05) is 41.9 Å². The molecule has 7 heteroatoms. The Morgan fingerprint density at radius 1 is 0.963 bits per heavy atom. The van der Waals surface area contributed by atoms with Gasteiger partial charge in [-0.3, -0.25) is 4.79 Å². The number of nitrogens with zero attached hydrogens (tertiary/aromatic N) is 2. The van der Waals surface area contributed by atoms with Crippen LogP contribution in [0.5, 0.6) is 5.75 Å². The van der Waals surface area contributed by atoms with Gasteiger partial charge < -0.3 is 15.4 Å². The number of amides is 1. The lowest BCUT2D eigenvalue weighted by Crippen LogP contribution is -2.21. The number of hydrogen-bond acceptors (Lipinski definition) is 5. The summed E-state index contributed by atoms with van der Waals surface area (Å²) < 4.78 is 5.39. The zero-order chi connectivity index (χ0) is 18.9. The average molecular weight is 383 g/mol. The first-order valence-corrected chi connectivity index (χ1v) is 8.86. The van der Waals surface area contributed by atoms with Crippen LogP contribution in [-0.2, 0) is 11.2 Å². The summed E-state index contributed by atoms with van der Waals surface area (Å²) >= 11 is 5.97. The van der Waals surface area contributed by atoms with E-state index in [-0.39, 0.29) is 12.5 Å². The smallest absolute Gasteiger partial charge is 0.263 e. The van der Waals surface area contributed by atoms with E-state index in [0.717, 1.165) is 17.0 Å². The van der Waals surface area contributed by atoms with E-state index in [2.05, 4.69) is 20.8 Å². The molecular formula is C20H19ClN4O2. The summed E-state index contributed by atoms with van der Waals surface area (Å²) in [6, 6.07) is 20.3. The van der Waals surface area contributed by atoms with E-state index in [9.17, 15) is 4.79 Å². The van der Waals surface area contributed by atoms with Crippen LogP contribution in [0.25, 0.3) is 0 Å². The second kappa shape index (κ2) is 9.54. The van der Waals surface area contributed by atoms with Crippen LogP contribution < -0.4 is 15.4 Å². The van der Waals surface area contributed by atoms with Crippen LogP contribution in [0.1, 0.15) is 5.56 Å². The molecule has 1 amide bonds. The predicted octanol–water partition coefficient (Wildman–Crippen LogP) is 3.80. The van der Waals surface area contributed by atoms with Gasteiger partial charge in [0.1, 0.15) is 11.6 Å². The third-order valence-corrected chi connectivity index (χ3v) is 3.89. The van der Waals surface area contributed by atoms with Crippen LogP contribution in [0.3, 0.4) is 0 Å². The number of carbonyl (C=O) groups excluding carboxylic acids is 1. The van der Waals surface area contributed by atoms with Gasteiger partial charge in [0.15, 0.2) is 12.4 Å². The molecule has 6 nitrogen and oxygen atoms in total. The molecule has 3 rings (SSSR count). The molecule has 0 unspecified atom stereocenters. The number of anilines is 2. The maximum atomic E-state index is 11.9. The Morgan fingerprint density at radius 3 is 2.48 bits per heavy atom. The van der Waals surface area contributed by atoms with Gasteiger partial charge in [-0.2, -0.15) is 0 Å². The van der Waals surface area contributed by atoms with Gasteiger partial charge in [0.2, 0.25) is 0 Å². The Balaban J connectivity index is 1.42. The maximum absolute atomic E-state index is 11.9. The zero-order valence-electron chi connectivity index (χ0n) is 14.6. The minimum absolute atomic E-state index is 0.0919. The van der Waals surface area contributed by atoms with E-state index in [4.69, 9.17) is 16.3 Å². The van der Waals surface area contributed by atoms with Crippen molar-refractivity contribution >= 4 is 29.1 Å². The average Bonchev–Trinajstić information content (AvgIpc) is 2.69. The highest BCUT2D eigenvalue weighted by Crippen LogP contribution is 2.12. The van der Waals surface area contributed by atoms with Crippen molar-refractivity contribution in [3.8, 4) is 5.75 Å². The molecule has 0 aliphatic carbocycles. The van der Waals surface area contributed by atoms with Crippen LogP contribution in [0, 0.1) is 0 Å². The largest absolute Gasteiger partial charge is 0.484 e. The van der Waals surface area contributed by atoms with E-state index in [1.54, 1.807) is 24.3 Å². The molecule has 0 radical (unpaired) electrons. The first-order chi connectivity index (χ1) is 13.2. The normalized spacial score (nSPS) is 10.3. The van der Waals surface area contributed by atoms with Crippen molar-refractivity contribution in [2.75, 3.05) is 23.8 Å². The Morgan fingerprint density at radius 2 is 1.74 bits per heavy atom. The van der Waals surface area contributed by atoms with Gasteiger partial charge in [0.05, 0.1) is 0 Å². The fraction of sp³-hybridized carbons (Fsp3) is 0.150. The SMILES string of the molecule is O=C(COc1ccccc1)Nc1ccc(NCCc2cccc(Cl)c2)nn1. The van der Waals surface area contributed by atoms with Crippen LogP contribution in [0.2, 0.25) is 5.02 Å². The summed E-state index contributed by atoms with van der Waals surface area (Å²) in [4.78, 5) is 11.9. The molecule has 1 heterocycles. The maximum Gasteiger partial charge on any atom is 0.263 e. The van der Waals surface area contributed by atoms with Gasteiger partial charge in [-0.15, -0.1) is 10.2 Å². The van der Waals surface area contributed by atoms with E-state index in [0.29, 0.717) is 23.9 Å². The van der Waals surface area contributed by atoms with Gasteiger partial charge in [-0.25, -0.2) is 0 Å². The highest BCUT2D eigenvalue weighted by Gasteiger charge is 2.05. The molecule has 1 aromatic heterocycles. The monoisotopic (exact) mass is 382 g/mol. The minimum Gasteiger partial charge on any atom is -0.484 e. The second-order valence-electron chi connectivity index (χ2n) is 5.76. The highest BCUT2D eigenvalue weighted by molar-refractivity contribution is 6.30. The van der Waals surface area contributed by atoms with Crippen molar-refractivity contribution < 1.29 is 9.53 Å². The number of carbonyl (C=O) groups is 1. The first-order valence-electron chi connectivity index (χ1n) is 8.49. The Labute approximate surface area is 162 Å². The lowest BCUT2D eigenvalue weighted by Gasteiger charge is -2.08. The number of halogens is 1. The Kier molecular flexibility index (Phi) is 6.60. The zero-order valence-corrected chi connectivity index (χ0v) is 15.3. The molecule has 3 aromatic rings. The molecule has 0 aliphatic heterocycles. The summed E-state index contributed by atoms with van der Waals surface area (Å²) in [5.74, 6) is 1.35. The molecule has 0 saturated carbocycles.